The van der Waals surface area contributed by atoms with E-state index >= 15 is 0 Å². The Morgan fingerprint density at radius 1 is 1.39 bits per heavy atom. The second kappa shape index (κ2) is 6.02. The lowest BCUT2D eigenvalue weighted by Gasteiger charge is -2.34. The highest BCUT2D eigenvalue weighted by atomic mass is 16.6. The molecule has 0 radical (unpaired) electrons. The summed E-state index contributed by atoms with van der Waals surface area (Å²) in [4.78, 5) is 12.1. The Hall–Kier alpha value is -0.610. The van der Waals surface area contributed by atoms with Gasteiger partial charge >= 0.3 is 5.97 Å². The normalized spacial score (nSPS) is 36.6. The van der Waals surface area contributed by atoms with Gasteiger partial charge in [-0.2, -0.15) is 0 Å². The van der Waals surface area contributed by atoms with Crippen LogP contribution < -0.4 is 5.73 Å². The molecule has 0 aromatic carbocycles. The van der Waals surface area contributed by atoms with Crippen molar-refractivity contribution in [3.8, 4) is 0 Å². The fourth-order valence-corrected chi connectivity index (χ4v) is 2.89. The quantitative estimate of drug-likeness (QED) is 0.781. The number of nitrogens with two attached hydrogens (primary N) is 1. The Kier molecular flexibility index (Phi) is 4.62. The first kappa shape index (κ1) is 13.8. The standard InChI is InChI=1S/C14H25NO3/c1-2-11-5-7-14(15,8-6-11)13(16)18-10-12-4-3-9-17-12/h11-12H,2-10,15H2,1H3. The summed E-state index contributed by atoms with van der Waals surface area (Å²) in [6.45, 7) is 3.35. The van der Waals surface area contributed by atoms with Gasteiger partial charge in [0.2, 0.25) is 0 Å². The summed E-state index contributed by atoms with van der Waals surface area (Å²) in [5.74, 6) is 0.500. The van der Waals surface area contributed by atoms with Crippen LogP contribution in [-0.4, -0.2) is 30.8 Å². The number of rotatable bonds is 4. The van der Waals surface area contributed by atoms with Gasteiger partial charge in [-0.25, -0.2) is 0 Å². The van der Waals surface area contributed by atoms with Gasteiger partial charge in [0.15, 0.2) is 0 Å². The molecule has 1 saturated carbocycles. The van der Waals surface area contributed by atoms with Crippen molar-refractivity contribution in [3.05, 3.63) is 0 Å². The number of carbonyl (C=O) groups excluding carboxylic acids is 1. The van der Waals surface area contributed by atoms with Crippen molar-refractivity contribution >= 4 is 5.97 Å². The maximum Gasteiger partial charge on any atom is 0.326 e. The third kappa shape index (κ3) is 3.23. The molecule has 0 amide bonds. The van der Waals surface area contributed by atoms with Crippen LogP contribution in [0.25, 0.3) is 0 Å². The molecule has 1 aliphatic heterocycles. The van der Waals surface area contributed by atoms with E-state index in [0.29, 0.717) is 6.61 Å². The molecule has 2 N–H and O–H groups in total. The first-order valence-electron chi connectivity index (χ1n) is 7.22. The van der Waals surface area contributed by atoms with Crippen LogP contribution in [0.1, 0.15) is 51.9 Å². The zero-order valence-corrected chi connectivity index (χ0v) is 11.3. The maximum absolute atomic E-state index is 12.1. The molecule has 1 atom stereocenters. The predicted octanol–water partition coefficient (Wildman–Crippen LogP) is 2.01. The lowest BCUT2D eigenvalue weighted by atomic mass is 9.76. The Labute approximate surface area is 109 Å². The molecule has 1 unspecified atom stereocenters. The average Bonchev–Trinajstić information content (AvgIpc) is 2.90. The van der Waals surface area contributed by atoms with Gasteiger partial charge in [0, 0.05) is 6.61 Å². The van der Waals surface area contributed by atoms with Crippen LogP contribution in [0.2, 0.25) is 0 Å². The molecular weight excluding hydrogens is 230 g/mol. The molecule has 0 bridgehead atoms. The van der Waals surface area contributed by atoms with Gasteiger partial charge in [-0.3, -0.25) is 4.79 Å². The molecule has 0 aromatic heterocycles. The van der Waals surface area contributed by atoms with Crippen LogP contribution >= 0.6 is 0 Å². The molecule has 0 aromatic rings. The molecular formula is C14H25NO3. The van der Waals surface area contributed by atoms with Crippen LogP contribution in [0.5, 0.6) is 0 Å². The third-order valence-corrected chi connectivity index (χ3v) is 4.41. The summed E-state index contributed by atoms with van der Waals surface area (Å²) < 4.78 is 10.8. The summed E-state index contributed by atoms with van der Waals surface area (Å²) >= 11 is 0. The van der Waals surface area contributed by atoms with Crippen molar-refractivity contribution in [3.63, 3.8) is 0 Å². The fraction of sp³-hybridized carbons (Fsp3) is 0.929. The summed E-state index contributed by atoms with van der Waals surface area (Å²) in [6.07, 6.45) is 6.93. The van der Waals surface area contributed by atoms with E-state index in [-0.39, 0.29) is 12.1 Å². The van der Waals surface area contributed by atoms with E-state index in [4.69, 9.17) is 15.2 Å². The molecule has 2 aliphatic rings. The van der Waals surface area contributed by atoms with Crippen LogP contribution in [-0.2, 0) is 14.3 Å². The van der Waals surface area contributed by atoms with E-state index in [0.717, 1.165) is 51.0 Å². The Morgan fingerprint density at radius 2 is 2.11 bits per heavy atom. The van der Waals surface area contributed by atoms with Gasteiger partial charge < -0.3 is 15.2 Å². The number of hydrogen-bond donors (Lipinski definition) is 1. The number of ether oxygens (including phenoxy) is 2. The van der Waals surface area contributed by atoms with Crippen molar-refractivity contribution in [2.75, 3.05) is 13.2 Å². The van der Waals surface area contributed by atoms with Gasteiger partial charge in [0.25, 0.3) is 0 Å². The van der Waals surface area contributed by atoms with Crippen molar-refractivity contribution in [1.82, 2.24) is 0 Å². The van der Waals surface area contributed by atoms with Gasteiger partial charge in [-0.1, -0.05) is 13.3 Å². The van der Waals surface area contributed by atoms with Gasteiger partial charge in [-0.05, 0) is 44.4 Å². The minimum absolute atomic E-state index is 0.0875. The third-order valence-electron chi connectivity index (χ3n) is 4.41. The Balaban J connectivity index is 1.77. The summed E-state index contributed by atoms with van der Waals surface area (Å²) in [6, 6.07) is 0. The molecule has 1 heterocycles. The predicted molar refractivity (Wildman–Crippen MR) is 69.1 cm³/mol. The van der Waals surface area contributed by atoms with Crippen LogP contribution in [0.4, 0.5) is 0 Å². The SMILES string of the molecule is CCC1CCC(N)(C(=O)OCC2CCCO2)CC1. The second-order valence-corrected chi connectivity index (χ2v) is 5.74. The minimum Gasteiger partial charge on any atom is -0.462 e. The fourth-order valence-electron chi connectivity index (χ4n) is 2.89. The topological polar surface area (TPSA) is 61.6 Å². The zero-order chi connectivity index (χ0) is 13.0. The first-order chi connectivity index (χ1) is 8.64. The Morgan fingerprint density at radius 3 is 2.67 bits per heavy atom. The number of carbonyl (C=O) groups is 1. The lowest BCUT2D eigenvalue weighted by molar-refractivity contribution is -0.155. The molecule has 1 aliphatic carbocycles. The molecule has 18 heavy (non-hydrogen) atoms. The highest BCUT2D eigenvalue weighted by Gasteiger charge is 2.39. The van der Waals surface area contributed by atoms with Gasteiger partial charge in [0.05, 0.1) is 6.10 Å². The average molecular weight is 255 g/mol. The zero-order valence-electron chi connectivity index (χ0n) is 11.3. The van der Waals surface area contributed by atoms with Gasteiger partial charge in [0.1, 0.15) is 12.1 Å². The highest BCUT2D eigenvalue weighted by molar-refractivity contribution is 5.80. The smallest absolute Gasteiger partial charge is 0.326 e. The maximum atomic E-state index is 12.1. The molecule has 4 nitrogen and oxygen atoms in total. The summed E-state index contributed by atoms with van der Waals surface area (Å²) in [7, 11) is 0. The lowest BCUT2D eigenvalue weighted by Crippen LogP contribution is -2.51. The largest absolute Gasteiger partial charge is 0.462 e. The number of esters is 1. The van der Waals surface area contributed by atoms with Crippen molar-refractivity contribution in [1.29, 1.82) is 0 Å². The molecule has 0 spiro atoms. The molecule has 1 saturated heterocycles. The van der Waals surface area contributed by atoms with Crippen LogP contribution in [0.15, 0.2) is 0 Å². The van der Waals surface area contributed by atoms with Crippen LogP contribution in [0, 0.1) is 5.92 Å². The molecule has 104 valence electrons. The minimum atomic E-state index is -0.746. The van der Waals surface area contributed by atoms with Gasteiger partial charge in [-0.15, -0.1) is 0 Å². The van der Waals surface area contributed by atoms with E-state index in [1.807, 2.05) is 0 Å². The molecule has 4 heteroatoms. The number of hydrogen-bond acceptors (Lipinski definition) is 4. The molecule has 2 fully saturated rings. The summed E-state index contributed by atoms with van der Waals surface area (Å²) in [5.41, 5.74) is 5.44. The van der Waals surface area contributed by atoms with Crippen molar-refractivity contribution in [2.24, 2.45) is 11.7 Å². The van der Waals surface area contributed by atoms with E-state index < -0.39 is 5.54 Å². The second-order valence-electron chi connectivity index (χ2n) is 5.74. The molecule has 2 rings (SSSR count). The summed E-state index contributed by atoms with van der Waals surface area (Å²) in [5, 5.41) is 0. The highest BCUT2D eigenvalue weighted by Crippen LogP contribution is 2.33. The first-order valence-corrected chi connectivity index (χ1v) is 7.22. The monoisotopic (exact) mass is 255 g/mol. The van der Waals surface area contributed by atoms with E-state index in [1.54, 1.807) is 0 Å². The Bertz CT molecular complexity index is 279. The van der Waals surface area contributed by atoms with E-state index in [1.165, 1.54) is 6.42 Å². The van der Waals surface area contributed by atoms with Crippen molar-refractivity contribution < 1.29 is 14.3 Å². The van der Waals surface area contributed by atoms with E-state index in [2.05, 4.69) is 6.92 Å². The van der Waals surface area contributed by atoms with Crippen LogP contribution in [0.3, 0.4) is 0 Å². The van der Waals surface area contributed by atoms with E-state index in [9.17, 15) is 4.79 Å². The van der Waals surface area contributed by atoms with Crippen molar-refractivity contribution in [2.45, 2.75) is 63.5 Å².